The molecule has 1 aromatic heterocycles. The molecule has 0 radical (unpaired) electrons. The lowest BCUT2D eigenvalue weighted by Gasteiger charge is -2.33. The number of halogens is 1. The molecule has 28 heavy (non-hydrogen) atoms. The Morgan fingerprint density at radius 3 is 2.89 bits per heavy atom. The molecule has 2 aromatic rings. The number of carbonyl (C=O) groups excluding carboxylic acids is 1. The lowest BCUT2D eigenvalue weighted by Crippen LogP contribution is -2.46. The van der Waals surface area contributed by atoms with E-state index in [0.717, 1.165) is 42.6 Å². The van der Waals surface area contributed by atoms with E-state index in [4.69, 9.17) is 10.00 Å². The molecule has 1 amide bonds. The van der Waals surface area contributed by atoms with Crippen LogP contribution in [0, 0.1) is 11.3 Å². The molecule has 2 atom stereocenters. The van der Waals surface area contributed by atoms with E-state index in [2.05, 4.69) is 9.88 Å². The molecule has 146 valence electrons. The van der Waals surface area contributed by atoms with E-state index in [1.807, 2.05) is 36.4 Å². The SMILES string of the molecule is N#CC1C[C@H](F)CN1C(=O)CN1CCC(Oc2cccc3ncccc23)CC1. The molecule has 3 heterocycles. The maximum atomic E-state index is 13.5. The van der Waals surface area contributed by atoms with Gasteiger partial charge in [0, 0.05) is 31.1 Å². The summed E-state index contributed by atoms with van der Waals surface area (Å²) in [5, 5.41) is 10.1. The zero-order valence-corrected chi connectivity index (χ0v) is 15.6. The van der Waals surface area contributed by atoms with E-state index in [-0.39, 0.29) is 31.5 Å². The summed E-state index contributed by atoms with van der Waals surface area (Å²) in [7, 11) is 0. The Morgan fingerprint density at radius 2 is 2.11 bits per heavy atom. The Hall–Kier alpha value is -2.72. The molecule has 2 aliphatic rings. The first-order valence-corrected chi connectivity index (χ1v) is 9.70. The summed E-state index contributed by atoms with van der Waals surface area (Å²) in [4.78, 5) is 20.3. The standard InChI is InChI=1S/C21H23FN4O2/c22-15-11-16(12-23)26(13-15)21(27)14-25-9-6-17(7-10-25)28-20-5-1-4-19-18(20)3-2-8-24-19/h1-5,8,15-17H,6-7,9-11,13-14H2/t15-,16?/m0/s1. The molecule has 0 saturated carbocycles. The maximum Gasteiger partial charge on any atom is 0.237 e. The first kappa shape index (κ1) is 18.6. The minimum Gasteiger partial charge on any atom is -0.490 e. The van der Waals surface area contributed by atoms with Crippen LogP contribution in [0.25, 0.3) is 10.9 Å². The number of aromatic nitrogens is 1. The number of amides is 1. The van der Waals surface area contributed by atoms with Crippen molar-refractivity contribution in [2.45, 2.75) is 37.6 Å². The number of ether oxygens (including phenoxy) is 1. The fourth-order valence-electron chi connectivity index (χ4n) is 4.01. The van der Waals surface area contributed by atoms with E-state index >= 15 is 0 Å². The van der Waals surface area contributed by atoms with Crippen molar-refractivity contribution in [2.75, 3.05) is 26.2 Å². The third-order valence-electron chi connectivity index (χ3n) is 5.51. The van der Waals surface area contributed by atoms with Crippen molar-refractivity contribution < 1.29 is 13.9 Å². The number of pyridine rings is 1. The number of nitriles is 1. The summed E-state index contributed by atoms with van der Waals surface area (Å²) < 4.78 is 19.8. The summed E-state index contributed by atoms with van der Waals surface area (Å²) in [6.45, 7) is 1.74. The smallest absolute Gasteiger partial charge is 0.237 e. The second-order valence-electron chi connectivity index (χ2n) is 7.44. The molecule has 2 saturated heterocycles. The highest BCUT2D eigenvalue weighted by Crippen LogP contribution is 2.27. The Balaban J connectivity index is 1.31. The van der Waals surface area contributed by atoms with Gasteiger partial charge in [0.25, 0.3) is 0 Å². The average Bonchev–Trinajstić information content (AvgIpc) is 3.11. The number of piperidine rings is 1. The molecule has 0 bridgehead atoms. The molecule has 2 aliphatic heterocycles. The van der Waals surface area contributed by atoms with Gasteiger partial charge in [-0.25, -0.2) is 4.39 Å². The molecular weight excluding hydrogens is 359 g/mol. The van der Waals surface area contributed by atoms with Gasteiger partial charge in [-0.2, -0.15) is 5.26 Å². The van der Waals surface area contributed by atoms with E-state index in [9.17, 15) is 9.18 Å². The normalized spacial score (nSPS) is 23.6. The quantitative estimate of drug-likeness (QED) is 0.813. The number of likely N-dealkylation sites (tertiary alicyclic amines) is 2. The van der Waals surface area contributed by atoms with Crippen LogP contribution in [0.5, 0.6) is 5.75 Å². The average molecular weight is 382 g/mol. The van der Waals surface area contributed by atoms with Crippen molar-refractivity contribution in [1.82, 2.24) is 14.8 Å². The van der Waals surface area contributed by atoms with Crippen molar-refractivity contribution >= 4 is 16.8 Å². The van der Waals surface area contributed by atoms with E-state index in [1.165, 1.54) is 4.90 Å². The van der Waals surface area contributed by atoms with Crippen molar-refractivity contribution in [3.05, 3.63) is 36.5 Å². The van der Waals surface area contributed by atoms with Gasteiger partial charge >= 0.3 is 0 Å². The molecule has 1 unspecified atom stereocenters. The zero-order valence-electron chi connectivity index (χ0n) is 15.6. The highest BCUT2D eigenvalue weighted by atomic mass is 19.1. The molecule has 7 heteroatoms. The lowest BCUT2D eigenvalue weighted by atomic mass is 10.1. The van der Waals surface area contributed by atoms with Crippen LogP contribution in [0.4, 0.5) is 4.39 Å². The van der Waals surface area contributed by atoms with Gasteiger partial charge in [0.05, 0.1) is 24.7 Å². The van der Waals surface area contributed by atoms with E-state index < -0.39 is 12.2 Å². The monoisotopic (exact) mass is 382 g/mol. The van der Waals surface area contributed by atoms with Crippen LogP contribution in [-0.4, -0.2) is 65.2 Å². The minimum atomic E-state index is -1.09. The number of hydrogen-bond acceptors (Lipinski definition) is 5. The van der Waals surface area contributed by atoms with Crippen LogP contribution in [0.15, 0.2) is 36.5 Å². The molecule has 0 aliphatic carbocycles. The number of carbonyl (C=O) groups is 1. The van der Waals surface area contributed by atoms with Gasteiger partial charge in [0.15, 0.2) is 0 Å². The lowest BCUT2D eigenvalue weighted by molar-refractivity contribution is -0.133. The van der Waals surface area contributed by atoms with E-state index in [0.29, 0.717) is 0 Å². The number of fused-ring (bicyclic) bond motifs is 1. The minimum absolute atomic E-state index is 0.0335. The predicted molar refractivity (Wildman–Crippen MR) is 102 cm³/mol. The Kier molecular flexibility index (Phi) is 5.40. The number of hydrogen-bond donors (Lipinski definition) is 0. The van der Waals surface area contributed by atoms with Gasteiger partial charge in [-0.3, -0.25) is 14.7 Å². The summed E-state index contributed by atoms with van der Waals surface area (Å²) in [6, 6.07) is 11.2. The van der Waals surface area contributed by atoms with Gasteiger partial charge in [0.2, 0.25) is 5.91 Å². The molecule has 1 aromatic carbocycles. The molecular formula is C21H23FN4O2. The summed E-state index contributed by atoms with van der Waals surface area (Å²) in [5.74, 6) is 0.675. The summed E-state index contributed by atoms with van der Waals surface area (Å²) in [6.07, 6.45) is 2.52. The predicted octanol–water partition coefficient (Wildman–Crippen LogP) is 2.54. The van der Waals surface area contributed by atoms with Crippen LogP contribution in [-0.2, 0) is 4.79 Å². The maximum absolute atomic E-state index is 13.5. The summed E-state index contributed by atoms with van der Waals surface area (Å²) in [5.41, 5.74) is 0.909. The second-order valence-corrected chi connectivity index (χ2v) is 7.44. The fraction of sp³-hybridized carbons (Fsp3) is 0.476. The third kappa shape index (κ3) is 3.92. The Bertz CT molecular complexity index is 886. The van der Waals surface area contributed by atoms with Gasteiger partial charge < -0.3 is 9.64 Å². The molecule has 4 rings (SSSR count). The van der Waals surface area contributed by atoms with Gasteiger partial charge in [-0.15, -0.1) is 0 Å². The van der Waals surface area contributed by atoms with Gasteiger partial charge in [-0.05, 0) is 37.1 Å². The number of benzene rings is 1. The van der Waals surface area contributed by atoms with Crippen LogP contribution >= 0.6 is 0 Å². The van der Waals surface area contributed by atoms with Gasteiger partial charge in [0.1, 0.15) is 24.1 Å². The zero-order chi connectivity index (χ0) is 19.5. The molecule has 2 fully saturated rings. The van der Waals surface area contributed by atoms with Crippen molar-refractivity contribution in [3.63, 3.8) is 0 Å². The highest BCUT2D eigenvalue weighted by Gasteiger charge is 2.36. The van der Waals surface area contributed by atoms with E-state index in [1.54, 1.807) is 6.20 Å². The van der Waals surface area contributed by atoms with Crippen molar-refractivity contribution in [1.29, 1.82) is 5.26 Å². The Labute approximate surface area is 163 Å². The second kappa shape index (κ2) is 8.11. The Morgan fingerprint density at radius 1 is 1.29 bits per heavy atom. The molecule has 0 spiro atoms. The van der Waals surface area contributed by atoms with Gasteiger partial charge in [-0.1, -0.05) is 6.07 Å². The topological polar surface area (TPSA) is 69.5 Å². The fourth-order valence-corrected chi connectivity index (χ4v) is 4.01. The first-order chi connectivity index (χ1) is 13.6. The van der Waals surface area contributed by atoms with Crippen LogP contribution in [0.3, 0.4) is 0 Å². The largest absolute Gasteiger partial charge is 0.490 e. The number of rotatable bonds is 4. The molecule has 0 N–H and O–H groups in total. The first-order valence-electron chi connectivity index (χ1n) is 9.70. The highest BCUT2D eigenvalue weighted by molar-refractivity contribution is 5.84. The van der Waals surface area contributed by atoms with Crippen LogP contribution < -0.4 is 4.74 Å². The third-order valence-corrected chi connectivity index (χ3v) is 5.51. The van der Waals surface area contributed by atoms with Crippen LogP contribution in [0.1, 0.15) is 19.3 Å². The number of alkyl halides is 1. The van der Waals surface area contributed by atoms with Crippen molar-refractivity contribution in [3.8, 4) is 11.8 Å². The molecule has 6 nitrogen and oxygen atoms in total. The summed E-state index contributed by atoms with van der Waals surface area (Å²) >= 11 is 0. The number of nitrogens with zero attached hydrogens (tertiary/aromatic N) is 4. The van der Waals surface area contributed by atoms with Crippen LogP contribution in [0.2, 0.25) is 0 Å². The van der Waals surface area contributed by atoms with Crippen molar-refractivity contribution in [2.24, 2.45) is 0 Å².